The number of nitriles is 1. The highest BCUT2D eigenvalue weighted by atomic mass is 19.1. The fourth-order valence-electron chi connectivity index (χ4n) is 4.00. The Labute approximate surface area is 184 Å². The van der Waals surface area contributed by atoms with Crippen LogP contribution in [-0.4, -0.2) is 37.3 Å². The van der Waals surface area contributed by atoms with Crippen LogP contribution in [0.1, 0.15) is 49.1 Å². The summed E-state index contributed by atoms with van der Waals surface area (Å²) in [5.74, 6) is -0.603. The Hall–Kier alpha value is -3.51. The topological polar surface area (TPSA) is 108 Å². The lowest BCUT2D eigenvalue weighted by Crippen LogP contribution is -2.41. The van der Waals surface area contributed by atoms with Crippen LogP contribution < -0.4 is 5.56 Å². The largest absolute Gasteiger partial charge is 0.505 e. The van der Waals surface area contributed by atoms with Gasteiger partial charge in [-0.2, -0.15) is 5.26 Å². The van der Waals surface area contributed by atoms with E-state index in [4.69, 9.17) is 9.51 Å². The van der Waals surface area contributed by atoms with Crippen molar-refractivity contribution in [1.29, 1.82) is 5.26 Å². The molecular formula is C23H24FN5O3. The van der Waals surface area contributed by atoms with Crippen LogP contribution in [0.4, 0.5) is 4.39 Å². The fourth-order valence-corrected chi connectivity index (χ4v) is 4.00. The van der Waals surface area contributed by atoms with Crippen molar-refractivity contribution in [1.82, 2.24) is 19.6 Å². The summed E-state index contributed by atoms with van der Waals surface area (Å²) < 4.78 is 20.6. The molecule has 0 aliphatic carbocycles. The molecule has 2 aromatic heterocycles. The van der Waals surface area contributed by atoms with E-state index in [9.17, 15) is 19.6 Å². The number of phenolic OH excluding ortho intramolecular Hbond substituents is 1. The number of hydrogen-bond acceptors (Lipinski definition) is 7. The van der Waals surface area contributed by atoms with E-state index in [0.29, 0.717) is 36.9 Å². The molecule has 3 aromatic rings. The molecule has 1 N–H and O–H groups in total. The van der Waals surface area contributed by atoms with Crippen molar-refractivity contribution in [3.8, 4) is 23.1 Å². The van der Waals surface area contributed by atoms with Crippen LogP contribution in [0.15, 0.2) is 27.5 Å². The highest BCUT2D eigenvalue weighted by molar-refractivity contribution is 5.68. The van der Waals surface area contributed by atoms with Crippen molar-refractivity contribution in [3.05, 3.63) is 62.7 Å². The minimum atomic E-state index is -0.889. The minimum absolute atomic E-state index is 0.0135. The minimum Gasteiger partial charge on any atom is -0.505 e. The first-order valence-corrected chi connectivity index (χ1v) is 10.6. The molecule has 32 heavy (non-hydrogen) atoms. The summed E-state index contributed by atoms with van der Waals surface area (Å²) in [5.41, 5.74) is 2.20. The average Bonchev–Trinajstić information content (AvgIpc) is 3.25. The third-order valence-corrected chi connectivity index (χ3v) is 5.83. The summed E-state index contributed by atoms with van der Waals surface area (Å²) in [6.07, 6.45) is 1.23. The first-order valence-electron chi connectivity index (χ1n) is 10.6. The van der Waals surface area contributed by atoms with Crippen molar-refractivity contribution >= 4 is 0 Å². The number of aromatic nitrogens is 3. The van der Waals surface area contributed by atoms with Crippen molar-refractivity contribution in [2.75, 3.05) is 6.54 Å². The van der Waals surface area contributed by atoms with E-state index in [0.717, 1.165) is 29.9 Å². The van der Waals surface area contributed by atoms with E-state index in [1.54, 1.807) is 10.6 Å². The summed E-state index contributed by atoms with van der Waals surface area (Å²) >= 11 is 0. The van der Waals surface area contributed by atoms with Crippen LogP contribution in [-0.2, 0) is 25.9 Å². The van der Waals surface area contributed by atoms with Gasteiger partial charge >= 0.3 is 0 Å². The third kappa shape index (κ3) is 3.89. The number of nitrogens with zero attached hydrogens (tertiary/aromatic N) is 5. The van der Waals surface area contributed by atoms with Gasteiger partial charge in [0.25, 0.3) is 5.56 Å². The Morgan fingerprint density at radius 2 is 2.12 bits per heavy atom. The zero-order chi connectivity index (χ0) is 23.0. The molecule has 0 spiro atoms. The fraction of sp³-hybridized carbons (Fsp3) is 0.391. The molecule has 0 amide bonds. The molecule has 0 saturated carbocycles. The molecule has 4 rings (SSSR count). The molecular weight excluding hydrogens is 413 g/mol. The van der Waals surface area contributed by atoms with Crippen LogP contribution in [0, 0.1) is 17.1 Å². The number of benzene rings is 1. The van der Waals surface area contributed by atoms with Crippen LogP contribution in [0.3, 0.4) is 0 Å². The summed E-state index contributed by atoms with van der Waals surface area (Å²) in [5, 5.41) is 23.0. The zero-order valence-electron chi connectivity index (χ0n) is 18.2. The lowest BCUT2D eigenvalue weighted by molar-refractivity contribution is 0.198. The van der Waals surface area contributed by atoms with Gasteiger partial charge in [-0.15, -0.1) is 0 Å². The van der Waals surface area contributed by atoms with Gasteiger partial charge in [-0.05, 0) is 32.4 Å². The van der Waals surface area contributed by atoms with E-state index in [1.807, 2.05) is 13.0 Å². The second-order valence-electron chi connectivity index (χ2n) is 8.16. The molecule has 166 valence electrons. The Bertz CT molecular complexity index is 1270. The Kier molecular flexibility index (Phi) is 5.80. The van der Waals surface area contributed by atoms with Crippen LogP contribution in [0.5, 0.6) is 5.75 Å². The molecule has 9 heteroatoms. The monoisotopic (exact) mass is 437 g/mol. The first-order chi connectivity index (χ1) is 15.3. The third-order valence-electron chi connectivity index (χ3n) is 5.83. The summed E-state index contributed by atoms with van der Waals surface area (Å²) in [6.45, 7) is 7.85. The van der Waals surface area contributed by atoms with Crippen LogP contribution in [0.25, 0.3) is 11.3 Å². The highest BCUT2D eigenvalue weighted by Crippen LogP contribution is 2.30. The van der Waals surface area contributed by atoms with Gasteiger partial charge in [-0.3, -0.25) is 14.3 Å². The van der Waals surface area contributed by atoms with Gasteiger partial charge in [0.1, 0.15) is 17.6 Å². The van der Waals surface area contributed by atoms with Crippen molar-refractivity contribution < 1.29 is 14.0 Å². The maximum atomic E-state index is 13.6. The quantitative estimate of drug-likeness (QED) is 0.654. The van der Waals surface area contributed by atoms with Crippen molar-refractivity contribution in [3.63, 3.8) is 0 Å². The number of aromatic hydroxyl groups is 1. The van der Waals surface area contributed by atoms with Gasteiger partial charge in [-0.25, -0.2) is 9.37 Å². The van der Waals surface area contributed by atoms with Gasteiger partial charge in [0.15, 0.2) is 17.3 Å². The Morgan fingerprint density at radius 1 is 1.34 bits per heavy atom. The van der Waals surface area contributed by atoms with Crippen molar-refractivity contribution in [2.24, 2.45) is 0 Å². The molecule has 1 aliphatic rings. The van der Waals surface area contributed by atoms with Gasteiger partial charge in [-0.1, -0.05) is 12.1 Å². The Balaban J connectivity index is 1.68. The molecule has 0 unspecified atom stereocenters. The smallest absolute Gasteiger partial charge is 0.257 e. The normalized spacial score (nSPS) is 13.9. The number of aryl methyl sites for hydroxylation is 1. The molecule has 0 atom stereocenters. The molecule has 1 aliphatic heterocycles. The highest BCUT2D eigenvalue weighted by Gasteiger charge is 2.25. The number of halogens is 1. The SMILES string of the molecule is CCc1nc2c(c(=O)n1Cc1cc(-c3cc(O)c(F)cc3C#N)on1)CCN(C(C)C)C2. The molecule has 0 radical (unpaired) electrons. The van der Waals surface area contributed by atoms with E-state index in [2.05, 4.69) is 23.9 Å². The Morgan fingerprint density at radius 3 is 2.81 bits per heavy atom. The molecule has 3 heterocycles. The lowest BCUT2D eigenvalue weighted by atomic mass is 10.0. The second-order valence-corrected chi connectivity index (χ2v) is 8.16. The number of fused-ring (bicyclic) bond motifs is 1. The molecule has 8 nitrogen and oxygen atoms in total. The number of phenols is 1. The molecule has 0 saturated heterocycles. The van der Waals surface area contributed by atoms with Gasteiger partial charge in [0, 0.05) is 42.7 Å². The second kappa shape index (κ2) is 8.55. The van der Waals surface area contributed by atoms with Gasteiger partial charge in [0.2, 0.25) is 0 Å². The van der Waals surface area contributed by atoms with E-state index >= 15 is 0 Å². The van der Waals surface area contributed by atoms with Gasteiger partial charge in [0.05, 0.1) is 17.8 Å². The maximum Gasteiger partial charge on any atom is 0.257 e. The predicted octanol–water partition coefficient (Wildman–Crippen LogP) is 2.99. The standard InChI is InChI=1S/C23H24FN5O3/c1-4-22-26-19-12-28(13(2)3)6-5-16(19)23(31)29(22)11-15-8-21(32-27-15)17-9-20(30)18(24)7-14(17)10-25/h7-9,13,30H,4-6,11-12H2,1-3H3. The van der Waals surface area contributed by atoms with Crippen LogP contribution in [0.2, 0.25) is 0 Å². The van der Waals surface area contributed by atoms with E-state index in [-0.39, 0.29) is 29.0 Å². The zero-order valence-corrected chi connectivity index (χ0v) is 18.2. The molecule has 1 aromatic carbocycles. The molecule has 0 fully saturated rings. The number of hydrogen-bond donors (Lipinski definition) is 1. The summed E-state index contributed by atoms with van der Waals surface area (Å²) in [4.78, 5) is 20.3. The lowest BCUT2D eigenvalue weighted by Gasteiger charge is -2.31. The maximum absolute atomic E-state index is 13.6. The van der Waals surface area contributed by atoms with E-state index < -0.39 is 11.6 Å². The van der Waals surface area contributed by atoms with Crippen molar-refractivity contribution in [2.45, 2.75) is 52.7 Å². The average molecular weight is 437 g/mol. The van der Waals surface area contributed by atoms with Crippen LogP contribution >= 0.6 is 0 Å². The van der Waals surface area contributed by atoms with E-state index in [1.165, 1.54) is 0 Å². The number of rotatable bonds is 5. The summed E-state index contributed by atoms with van der Waals surface area (Å²) in [6, 6.07) is 5.93. The molecule has 0 bridgehead atoms. The first kappa shape index (κ1) is 21.7. The van der Waals surface area contributed by atoms with Gasteiger partial charge < -0.3 is 9.63 Å². The predicted molar refractivity (Wildman–Crippen MR) is 115 cm³/mol. The summed E-state index contributed by atoms with van der Waals surface area (Å²) in [7, 11) is 0.